The highest BCUT2D eigenvalue weighted by Gasteiger charge is 2.18. The fourth-order valence-electron chi connectivity index (χ4n) is 3.50. The van der Waals surface area contributed by atoms with E-state index in [1.165, 1.54) is 17.1 Å². The summed E-state index contributed by atoms with van der Waals surface area (Å²) in [5.74, 6) is 2.43. The lowest BCUT2D eigenvalue weighted by Crippen LogP contribution is -2.28. The number of nitrogens with one attached hydrogen (secondary N) is 2. The van der Waals surface area contributed by atoms with Crippen LogP contribution in [0.25, 0.3) is 0 Å². The minimum atomic E-state index is -0.322. The van der Waals surface area contributed by atoms with E-state index in [4.69, 9.17) is 4.74 Å². The Morgan fingerprint density at radius 3 is 2.33 bits per heavy atom. The number of hydrogen-bond acceptors (Lipinski definition) is 5. The molecule has 1 atom stereocenters. The molecule has 0 saturated carbocycles. The van der Waals surface area contributed by atoms with Crippen molar-refractivity contribution in [2.24, 2.45) is 0 Å². The van der Waals surface area contributed by atoms with Crippen molar-refractivity contribution >= 4 is 41.0 Å². The topological polar surface area (TPSA) is 67.4 Å². The smallest absolute Gasteiger partial charge is 0.262 e. The summed E-state index contributed by atoms with van der Waals surface area (Å²) in [5.41, 5.74) is 3.14. The van der Waals surface area contributed by atoms with Crippen LogP contribution in [0.5, 0.6) is 5.75 Å². The third-order valence-corrected chi connectivity index (χ3v) is 8.34. The molecule has 1 saturated heterocycles. The maximum atomic E-state index is 12.9. The van der Waals surface area contributed by atoms with Gasteiger partial charge in [-0.2, -0.15) is 0 Å². The van der Waals surface area contributed by atoms with E-state index in [1.54, 1.807) is 24.3 Å². The fraction of sp³-hybridized carbons (Fsp3) is 0.231. The average molecular weight is 479 g/mol. The summed E-state index contributed by atoms with van der Waals surface area (Å²) in [6.45, 7) is 1.79. The molecule has 3 aromatic carbocycles. The molecule has 0 bridgehead atoms. The number of anilines is 1. The Kier molecular flexibility index (Phi) is 7.96. The van der Waals surface area contributed by atoms with Crippen LogP contribution >= 0.6 is 23.5 Å². The Morgan fingerprint density at radius 1 is 0.939 bits per heavy atom. The van der Waals surface area contributed by atoms with Crippen molar-refractivity contribution in [1.82, 2.24) is 5.32 Å². The number of amides is 2. The standard InChI is InChI=1S/C26H26N2O3S2/c1-18(19-7-3-2-4-8-19)27-25(30)22-9-5-6-10-23(22)28-24(29)17-31-21-13-11-20(12-14-21)26-32-15-16-33-26/h2-14,18,26H,15-17H2,1H3,(H,27,30)(H,28,29). The van der Waals surface area contributed by atoms with E-state index in [9.17, 15) is 9.59 Å². The third-order valence-electron chi connectivity index (χ3n) is 5.24. The Morgan fingerprint density at radius 2 is 1.61 bits per heavy atom. The quantitative estimate of drug-likeness (QED) is 0.436. The summed E-state index contributed by atoms with van der Waals surface area (Å²) in [6, 6.07) is 24.5. The van der Waals surface area contributed by atoms with Gasteiger partial charge in [0.25, 0.3) is 11.8 Å². The number of para-hydroxylation sites is 1. The molecule has 1 aliphatic rings. The number of thioether (sulfide) groups is 2. The summed E-state index contributed by atoms with van der Waals surface area (Å²) in [6.07, 6.45) is 0. The number of carbonyl (C=O) groups is 2. The zero-order valence-corrected chi connectivity index (χ0v) is 20.0. The molecule has 33 heavy (non-hydrogen) atoms. The normalized spacial score (nSPS) is 14.5. The number of hydrogen-bond donors (Lipinski definition) is 2. The summed E-state index contributed by atoms with van der Waals surface area (Å²) in [4.78, 5) is 25.4. The zero-order chi connectivity index (χ0) is 23.0. The lowest BCUT2D eigenvalue weighted by atomic mass is 10.1. The zero-order valence-electron chi connectivity index (χ0n) is 18.3. The molecule has 3 aromatic rings. The number of ether oxygens (including phenoxy) is 1. The highest BCUT2D eigenvalue weighted by atomic mass is 32.2. The molecule has 1 fully saturated rings. The molecule has 0 aromatic heterocycles. The number of rotatable bonds is 8. The highest BCUT2D eigenvalue weighted by molar-refractivity contribution is 8.19. The summed E-state index contributed by atoms with van der Waals surface area (Å²) >= 11 is 3.90. The molecule has 0 spiro atoms. The maximum absolute atomic E-state index is 12.9. The van der Waals surface area contributed by atoms with Crippen molar-refractivity contribution in [2.45, 2.75) is 17.5 Å². The van der Waals surface area contributed by atoms with E-state index in [0.717, 1.165) is 5.56 Å². The van der Waals surface area contributed by atoms with Gasteiger partial charge >= 0.3 is 0 Å². The molecule has 170 valence electrons. The minimum Gasteiger partial charge on any atom is -0.484 e. The Balaban J connectivity index is 1.33. The van der Waals surface area contributed by atoms with Crippen LogP contribution in [0.3, 0.4) is 0 Å². The van der Waals surface area contributed by atoms with Gasteiger partial charge in [-0.05, 0) is 42.3 Å². The molecular formula is C26H26N2O3S2. The number of benzene rings is 3. The first-order valence-electron chi connectivity index (χ1n) is 10.8. The van der Waals surface area contributed by atoms with Gasteiger partial charge in [0.05, 0.1) is 21.9 Å². The van der Waals surface area contributed by atoms with Crippen molar-refractivity contribution in [1.29, 1.82) is 0 Å². The molecule has 1 unspecified atom stereocenters. The van der Waals surface area contributed by atoms with Crippen LogP contribution in [0.15, 0.2) is 78.9 Å². The third kappa shape index (κ3) is 6.33. The first kappa shape index (κ1) is 23.3. The molecule has 0 aliphatic carbocycles. The minimum absolute atomic E-state index is 0.136. The SMILES string of the molecule is CC(NC(=O)c1ccccc1NC(=O)COc1ccc(C2SCCS2)cc1)c1ccccc1. The van der Waals surface area contributed by atoms with E-state index >= 15 is 0 Å². The van der Waals surface area contributed by atoms with E-state index in [1.807, 2.05) is 72.9 Å². The van der Waals surface area contributed by atoms with Gasteiger partial charge in [-0.25, -0.2) is 0 Å². The van der Waals surface area contributed by atoms with Crippen molar-refractivity contribution < 1.29 is 14.3 Å². The van der Waals surface area contributed by atoms with Gasteiger partial charge in [0.2, 0.25) is 0 Å². The van der Waals surface area contributed by atoms with Crippen LogP contribution in [0, 0.1) is 0 Å². The second-order valence-electron chi connectivity index (χ2n) is 7.63. The summed E-state index contributed by atoms with van der Waals surface area (Å²) in [7, 11) is 0. The molecule has 0 radical (unpaired) electrons. The van der Waals surface area contributed by atoms with Crippen molar-refractivity contribution in [3.8, 4) is 5.75 Å². The van der Waals surface area contributed by atoms with Crippen molar-refractivity contribution in [2.75, 3.05) is 23.4 Å². The van der Waals surface area contributed by atoms with Gasteiger partial charge < -0.3 is 15.4 Å². The first-order valence-corrected chi connectivity index (χ1v) is 12.9. The molecule has 7 heteroatoms. The lowest BCUT2D eigenvalue weighted by molar-refractivity contribution is -0.118. The fourth-order valence-corrected chi connectivity index (χ4v) is 6.36. The monoisotopic (exact) mass is 478 g/mol. The second kappa shape index (κ2) is 11.3. The van der Waals surface area contributed by atoms with Crippen LogP contribution in [0.2, 0.25) is 0 Å². The van der Waals surface area contributed by atoms with E-state index in [0.29, 0.717) is 21.6 Å². The van der Waals surface area contributed by atoms with E-state index < -0.39 is 0 Å². The average Bonchev–Trinajstić information content (AvgIpc) is 3.39. The van der Waals surface area contributed by atoms with E-state index in [2.05, 4.69) is 22.8 Å². The second-order valence-corrected chi connectivity index (χ2v) is 10.4. The van der Waals surface area contributed by atoms with Gasteiger partial charge in [-0.1, -0.05) is 54.6 Å². The van der Waals surface area contributed by atoms with Gasteiger partial charge in [0.1, 0.15) is 5.75 Å². The molecule has 5 nitrogen and oxygen atoms in total. The van der Waals surface area contributed by atoms with Crippen LogP contribution in [0.1, 0.15) is 39.0 Å². The van der Waals surface area contributed by atoms with Gasteiger partial charge in [0.15, 0.2) is 6.61 Å². The van der Waals surface area contributed by atoms with Crippen molar-refractivity contribution in [3.05, 3.63) is 95.6 Å². The van der Waals surface area contributed by atoms with Crippen molar-refractivity contribution in [3.63, 3.8) is 0 Å². The Hall–Kier alpha value is -2.90. The van der Waals surface area contributed by atoms with E-state index in [-0.39, 0.29) is 24.5 Å². The highest BCUT2D eigenvalue weighted by Crippen LogP contribution is 2.45. The molecule has 2 amide bonds. The maximum Gasteiger partial charge on any atom is 0.262 e. The number of carbonyl (C=O) groups excluding carboxylic acids is 2. The van der Waals surface area contributed by atoms with Crippen LogP contribution < -0.4 is 15.4 Å². The molecule has 1 aliphatic heterocycles. The molecule has 1 heterocycles. The lowest BCUT2D eigenvalue weighted by Gasteiger charge is -2.16. The van der Waals surface area contributed by atoms with Crippen LogP contribution in [-0.4, -0.2) is 29.9 Å². The predicted octanol–water partition coefficient (Wildman–Crippen LogP) is 5.67. The van der Waals surface area contributed by atoms with Crippen LogP contribution in [0.4, 0.5) is 5.69 Å². The predicted molar refractivity (Wildman–Crippen MR) is 137 cm³/mol. The molecular weight excluding hydrogens is 452 g/mol. The van der Waals surface area contributed by atoms with Gasteiger partial charge in [-0.15, -0.1) is 23.5 Å². The molecule has 4 rings (SSSR count). The summed E-state index contributed by atoms with van der Waals surface area (Å²) in [5, 5.41) is 5.79. The van der Waals surface area contributed by atoms with Gasteiger partial charge in [-0.3, -0.25) is 9.59 Å². The van der Waals surface area contributed by atoms with Gasteiger partial charge in [0, 0.05) is 11.5 Å². The summed E-state index contributed by atoms with van der Waals surface area (Å²) < 4.78 is 6.14. The Labute approximate surface area is 202 Å². The Bertz CT molecular complexity index is 1080. The molecule has 2 N–H and O–H groups in total. The largest absolute Gasteiger partial charge is 0.484 e. The van der Waals surface area contributed by atoms with Crippen LogP contribution in [-0.2, 0) is 4.79 Å². The first-order chi connectivity index (χ1) is 16.1.